The highest BCUT2D eigenvalue weighted by Gasteiger charge is 2.40. The summed E-state index contributed by atoms with van der Waals surface area (Å²) in [5.74, 6) is 1.71. The maximum Gasteiger partial charge on any atom is 0.217 e. The van der Waals surface area contributed by atoms with E-state index in [2.05, 4.69) is 15.3 Å². The first kappa shape index (κ1) is 29.6. The van der Waals surface area contributed by atoms with Gasteiger partial charge in [-0.25, -0.2) is 14.9 Å². The van der Waals surface area contributed by atoms with Gasteiger partial charge in [0.2, 0.25) is 6.41 Å². The smallest absolute Gasteiger partial charge is 0.217 e. The molecular formula is C28H36Cl2N4O5. The van der Waals surface area contributed by atoms with Crippen molar-refractivity contribution in [3.05, 3.63) is 46.7 Å². The van der Waals surface area contributed by atoms with Crippen LogP contribution in [-0.2, 0) is 9.47 Å². The Labute approximate surface area is 239 Å². The van der Waals surface area contributed by atoms with Gasteiger partial charge in [0.25, 0.3) is 0 Å². The number of methoxy groups -OCH3 is 1. The molecule has 2 unspecified atom stereocenters. The Balaban J connectivity index is 1.44. The molecule has 9 nitrogen and oxygen atoms in total. The Morgan fingerprint density at radius 3 is 2.62 bits per heavy atom. The van der Waals surface area contributed by atoms with Crippen molar-refractivity contribution in [1.29, 1.82) is 0 Å². The van der Waals surface area contributed by atoms with Crippen LogP contribution in [0.25, 0.3) is 10.9 Å². The second-order valence-corrected chi connectivity index (χ2v) is 11.9. The minimum absolute atomic E-state index is 0.132. The number of fused-ring (bicyclic) bond motifs is 1. The maximum atomic E-state index is 10.7. The van der Waals surface area contributed by atoms with Gasteiger partial charge in [0.1, 0.15) is 12.1 Å². The molecule has 2 N–H and O–H groups in total. The molecule has 2 aromatic carbocycles. The molecule has 11 heteroatoms. The summed E-state index contributed by atoms with van der Waals surface area (Å²) in [5.41, 5.74) is 0.589. The number of nitrogens with one attached hydrogen (secondary N) is 1. The first-order chi connectivity index (χ1) is 18.4. The molecule has 0 aliphatic carbocycles. The average Bonchev–Trinajstić information content (AvgIpc) is 2.85. The lowest BCUT2D eigenvalue weighted by molar-refractivity contribution is -0.284. The molecule has 0 spiro atoms. The third kappa shape index (κ3) is 7.42. The minimum Gasteiger partial charge on any atom is -0.493 e. The van der Waals surface area contributed by atoms with Gasteiger partial charge in [0.15, 0.2) is 11.5 Å². The molecule has 212 valence electrons. The molecule has 39 heavy (non-hydrogen) atoms. The topological polar surface area (TPSA) is 98.2 Å². The maximum absolute atomic E-state index is 10.7. The van der Waals surface area contributed by atoms with Gasteiger partial charge in [-0.15, -0.1) is 0 Å². The molecular weight excluding hydrogens is 543 g/mol. The van der Waals surface area contributed by atoms with Crippen LogP contribution in [-0.4, -0.2) is 70.5 Å². The fourth-order valence-corrected chi connectivity index (χ4v) is 4.61. The Hall–Kier alpha value is -2.40. The number of aliphatic hydroxyl groups is 1. The third-order valence-corrected chi connectivity index (χ3v) is 7.12. The fraction of sp³-hybridized carbons (Fsp3) is 0.500. The lowest BCUT2D eigenvalue weighted by Gasteiger charge is -2.48. The van der Waals surface area contributed by atoms with E-state index in [0.29, 0.717) is 59.1 Å². The van der Waals surface area contributed by atoms with E-state index in [1.54, 1.807) is 19.2 Å². The number of ether oxygens (including phenoxy) is 4. The zero-order valence-electron chi connectivity index (χ0n) is 23.1. The highest BCUT2D eigenvalue weighted by molar-refractivity contribution is 6.42. The highest BCUT2D eigenvalue weighted by Crippen LogP contribution is 2.36. The van der Waals surface area contributed by atoms with Gasteiger partial charge < -0.3 is 29.4 Å². The number of hydrogen-bond acceptors (Lipinski definition) is 9. The SMILES string of the molecule is COc1cc2c(Nc3ccc(Cl)c(Cl)c3)ncnc2cc1OCCC1CN(C(O)OC(C)(C)C)C(C)(C)CO1. The van der Waals surface area contributed by atoms with Gasteiger partial charge >= 0.3 is 0 Å². The largest absolute Gasteiger partial charge is 0.493 e. The monoisotopic (exact) mass is 578 g/mol. The van der Waals surface area contributed by atoms with E-state index < -0.39 is 12.0 Å². The summed E-state index contributed by atoms with van der Waals surface area (Å²) < 4.78 is 23.6. The molecule has 0 saturated carbocycles. The van der Waals surface area contributed by atoms with Crippen LogP contribution in [0.15, 0.2) is 36.7 Å². The van der Waals surface area contributed by atoms with Gasteiger partial charge in [-0.1, -0.05) is 23.2 Å². The van der Waals surface area contributed by atoms with E-state index in [4.69, 9.17) is 42.1 Å². The van der Waals surface area contributed by atoms with E-state index in [-0.39, 0.29) is 11.6 Å². The molecule has 0 amide bonds. The molecule has 1 aromatic heterocycles. The van der Waals surface area contributed by atoms with E-state index in [9.17, 15) is 5.11 Å². The van der Waals surface area contributed by atoms with E-state index in [1.165, 1.54) is 6.33 Å². The molecule has 1 aliphatic rings. The lowest BCUT2D eigenvalue weighted by atomic mass is 10.0. The van der Waals surface area contributed by atoms with Crippen molar-refractivity contribution in [3.63, 3.8) is 0 Å². The Morgan fingerprint density at radius 2 is 1.92 bits per heavy atom. The summed E-state index contributed by atoms with van der Waals surface area (Å²) in [5, 5.41) is 15.7. The molecule has 2 heterocycles. The number of benzene rings is 2. The molecule has 2 atom stereocenters. The standard InChI is InChI=1S/C28H36Cl2N4O5/c1-27(2,3)39-26(35)34-14-18(38-15-28(34,4)5)9-10-37-24-13-22-19(12-23(24)36-6)25(32-16-31-22)33-17-7-8-20(29)21(30)11-17/h7-8,11-13,16,18,26,35H,9-10,14-15H2,1-6H3,(H,31,32,33). The third-order valence-electron chi connectivity index (χ3n) is 6.38. The number of anilines is 2. The summed E-state index contributed by atoms with van der Waals surface area (Å²) in [7, 11) is 1.59. The predicted octanol–water partition coefficient (Wildman–Crippen LogP) is 6.03. The number of hydrogen-bond donors (Lipinski definition) is 2. The molecule has 1 saturated heterocycles. The summed E-state index contributed by atoms with van der Waals surface area (Å²) in [6, 6.07) is 8.94. The van der Waals surface area contributed by atoms with Crippen LogP contribution in [0.5, 0.6) is 11.5 Å². The van der Waals surface area contributed by atoms with Crippen molar-refractivity contribution in [2.24, 2.45) is 0 Å². The van der Waals surface area contributed by atoms with Crippen LogP contribution in [0.3, 0.4) is 0 Å². The number of morpholine rings is 1. The van der Waals surface area contributed by atoms with Crippen molar-refractivity contribution in [2.75, 3.05) is 32.2 Å². The molecule has 1 fully saturated rings. The van der Waals surface area contributed by atoms with Crippen molar-refractivity contribution < 1.29 is 24.1 Å². The predicted molar refractivity (Wildman–Crippen MR) is 153 cm³/mol. The molecule has 1 aliphatic heterocycles. The van der Waals surface area contributed by atoms with E-state index in [1.807, 2.05) is 57.7 Å². The molecule has 0 radical (unpaired) electrons. The van der Waals surface area contributed by atoms with Gasteiger partial charge in [0, 0.05) is 35.6 Å². The average molecular weight is 580 g/mol. The van der Waals surface area contributed by atoms with Crippen LogP contribution >= 0.6 is 23.2 Å². The zero-order chi connectivity index (χ0) is 28.4. The Morgan fingerprint density at radius 1 is 1.15 bits per heavy atom. The first-order valence-corrected chi connectivity index (χ1v) is 13.5. The van der Waals surface area contributed by atoms with Crippen molar-refractivity contribution >= 4 is 45.6 Å². The van der Waals surface area contributed by atoms with E-state index in [0.717, 1.165) is 11.1 Å². The highest BCUT2D eigenvalue weighted by atomic mass is 35.5. The van der Waals surface area contributed by atoms with Gasteiger partial charge in [-0.2, -0.15) is 0 Å². The summed E-state index contributed by atoms with van der Waals surface area (Å²) in [6.45, 7) is 11.2. The number of aromatic nitrogens is 2. The van der Waals surface area contributed by atoms with Crippen LogP contribution in [0.1, 0.15) is 41.0 Å². The van der Waals surface area contributed by atoms with Gasteiger partial charge in [0.05, 0.1) is 47.6 Å². The second kappa shape index (κ2) is 12.0. The number of aliphatic hydroxyl groups excluding tert-OH is 1. The fourth-order valence-electron chi connectivity index (χ4n) is 4.31. The normalized spacial score (nSPS) is 18.6. The van der Waals surface area contributed by atoms with Crippen molar-refractivity contribution in [1.82, 2.24) is 14.9 Å². The van der Waals surface area contributed by atoms with Crippen LogP contribution in [0.4, 0.5) is 11.5 Å². The molecule has 0 bridgehead atoms. The summed E-state index contributed by atoms with van der Waals surface area (Å²) >= 11 is 12.2. The minimum atomic E-state index is -1.03. The summed E-state index contributed by atoms with van der Waals surface area (Å²) in [4.78, 5) is 10.7. The summed E-state index contributed by atoms with van der Waals surface area (Å²) in [6.07, 6.45) is 0.936. The zero-order valence-corrected chi connectivity index (χ0v) is 24.6. The van der Waals surface area contributed by atoms with Crippen molar-refractivity contribution in [2.45, 2.75) is 64.7 Å². The van der Waals surface area contributed by atoms with Crippen molar-refractivity contribution in [3.8, 4) is 11.5 Å². The lowest BCUT2D eigenvalue weighted by Crippen LogP contribution is -2.61. The number of nitrogens with zero attached hydrogens (tertiary/aromatic N) is 3. The van der Waals surface area contributed by atoms with Crippen LogP contribution in [0.2, 0.25) is 10.0 Å². The van der Waals surface area contributed by atoms with Crippen LogP contribution in [0, 0.1) is 0 Å². The Bertz CT molecular complexity index is 1300. The second-order valence-electron chi connectivity index (χ2n) is 11.1. The van der Waals surface area contributed by atoms with Gasteiger partial charge in [-0.05, 0) is 58.9 Å². The number of rotatable bonds is 9. The quantitative estimate of drug-likeness (QED) is 0.295. The number of halogens is 2. The van der Waals surface area contributed by atoms with Gasteiger partial charge in [-0.3, -0.25) is 0 Å². The first-order valence-electron chi connectivity index (χ1n) is 12.8. The van der Waals surface area contributed by atoms with Crippen LogP contribution < -0.4 is 14.8 Å². The molecule has 4 rings (SSSR count). The molecule has 3 aromatic rings. The van der Waals surface area contributed by atoms with E-state index >= 15 is 0 Å². The Kier molecular flexibility index (Phi) is 9.10.